The molecule has 0 aliphatic carbocycles. The van der Waals surface area contributed by atoms with Crippen LogP contribution in [0.25, 0.3) is 5.70 Å². The van der Waals surface area contributed by atoms with Crippen molar-refractivity contribution in [1.82, 2.24) is 20.1 Å². The fourth-order valence-electron chi connectivity index (χ4n) is 5.11. The molecule has 0 saturated heterocycles. The highest BCUT2D eigenvalue weighted by molar-refractivity contribution is 6.07. The second kappa shape index (κ2) is 12.0. The number of alkyl halides is 3. The first-order valence-electron chi connectivity index (χ1n) is 13.1. The molecule has 2 heterocycles. The Hall–Kier alpha value is -4.80. The number of amides is 3. The Morgan fingerprint density at radius 3 is 2.10 bits per heavy atom. The quantitative estimate of drug-likeness (QED) is 0.422. The normalized spacial score (nSPS) is 17.0. The van der Waals surface area contributed by atoms with E-state index >= 15 is 0 Å². The zero-order chi connectivity index (χ0) is 30.7. The average molecular weight is 579 g/mol. The maximum absolute atomic E-state index is 14.6. The summed E-state index contributed by atoms with van der Waals surface area (Å²) in [5.74, 6) is -5.48. The van der Waals surface area contributed by atoms with Gasteiger partial charge in [0.15, 0.2) is 5.66 Å². The summed E-state index contributed by atoms with van der Waals surface area (Å²) in [5, 5.41) is 2.23. The van der Waals surface area contributed by atoms with Crippen molar-refractivity contribution in [2.24, 2.45) is 5.92 Å². The van der Waals surface area contributed by atoms with Crippen molar-refractivity contribution >= 4 is 29.2 Å². The number of carbonyl (C=O) groups excluding carboxylic acids is 4. The van der Waals surface area contributed by atoms with E-state index in [2.05, 4.69) is 10.3 Å². The molecular weight excluding hydrogens is 549 g/mol. The summed E-state index contributed by atoms with van der Waals surface area (Å²) in [6.07, 6.45) is -2.09. The maximum atomic E-state index is 14.6. The van der Waals surface area contributed by atoms with Crippen LogP contribution in [0.5, 0.6) is 0 Å². The van der Waals surface area contributed by atoms with Gasteiger partial charge in [0.05, 0.1) is 11.3 Å². The molecule has 218 valence electrons. The lowest BCUT2D eigenvalue weighted by molar-refractivity contribution is -0.187. The summed E-state index contributed by atoms with van der Waals surface area (Å²) < 4.78 is 43.4. The fourth-order valence-corrected chi connectivity index (χ4v) is 5.11. The zero-order valence-corrected chi connectivity index (χ0v) is 23.1. The van der Waals surface area contributed by atoms with E-state index in [4.69, 9.17) is 0 Å². The average Bonchev–Trinajstić information content (AvgIpc) is 2.96. The van der Waals surface area contributed by atoms with Crippen LogP contribution in [-0.4, -0.2) is 56.2 Å². The predicted molar refractivity (Wildman–Crippen MR) is 148 cm³/mol. The van der Waals surface area contributed by atoms with E-state index in [1.165, 1.54) is 48.9 Å². The monoisotopic (exact) mass is 578 g/mol. The number of ketones is 1. The molecule has 2 aromatic carbocycles. The molecule has 1 aliphatic rings. The lowest BCUT2D eigenvalue weighted by atomic mass is 9.87. The number of aromatic nitrogens is 1. The van der Waals surface area contributed by atoms with Gasteiger partial charge in [-0.1, -0.05) is 74.5 Å². The van der Waals surface area contributed by atoms with Crippen molar-refractivity contribution in [3.8, 4) is 0 Å². The minimum atomic E-state index is -5.45. The van der Waals surface area contributed by atoms with Crippen LogP contribution in [0.4, 0.5) is 13.2 Å². The van der Waals surface area contributed by atoms with Gasteiger partial charge in [-0.3, -0.25) is 29.1 Å². The molecule has 42 heavy (non-hydrogen) atoms. The van der Waals surface area contributed by atoms with E-state index in [9.17, 15) is 32.3 Å². The maximum Gasteiger partial charge on any atom is 0.454 e. The summed E-state index contributed by atoms with van der Waals surface area (Å²) in [6, 6.07) is 17.5. The van der Waals surface area contributed by atoms with Crippen LogP contribution in [0.1, 0.15) is 42.3 Å². The molecule has 0 radical (unpaired) electrons. The molecule has 1 N–H and O–H groups in total. The molecule has 0 bridgehead atoms. The Bertz CT molecular complexity index is 1490. The van der Waals surface area contributed by atoms with Gasteiger partial charge in [0.2, 0.25) is 5.91 Å². The highest BCUT2D eigenvalue weighted by atomic mass is 19.4. The van der Waals surface area contributed by atoms with Crippen LogP contribution in [0.2, 0.25) is 0 Å². The summed E-state index contributed by atoms with van der Waals surface area (Å²) in [5.41, 5.74) is -2.43. The van der Waals surface area contributed by atoms with Crippen LogP contribution in [0, 0.1) is 5.92 Å². The molecule has 4 rings (SSSR count). The fraction of sp³-hybridized carbons (Fsp3) is 0.258. The molecule has 2 unspecified atom stereocenters. The minimum Gasteiger partial charge on any atom is -0.326 e. The molecule has 1 aromatic heterocycles. The molecule has 3 amide bonds. The van der Waals surface area contributed by atoms with E-state index in [-0.39, 0.29) is 22.4 Å². The Morgan fingerprint density at radius 1 is 0.952 bits per heavy atom. The molecule has 3 aromatic rings. The van der Waals surface area contributed by atoms with Crippen LogP contribution in [-0.2, 0) is 20.8 Å². The van der Waals surface area contributed by atoms with E-state index < -0.39 is 53.7 Å². The Kier molecular flexibility index (Phi) is 8.60. The Balaban J connectivity index is 2.06. The molecule has 11 heteroatoms. The topological polar surface area (TPSA) is 99.7 Å². The molecule has 8 nitrogen and oxygen atoms in total. The number of Topliss-reactive ketones (excluding diaryl/α,β-unsaturated/α-hetero) is 1. The minimum absolute atomic E-state index is 0.150. The Morgan fingerprint density at radius 2 is 1.57 bits per heavy atom. The van der Waals surface area contributed by atoms with Gasteiger partial charge < -0.3 is 10.2 Å². The van der Waals surface area contributed by atoms with Crippen molar-refractivity contribution in [3.63, 3.8) is 0 Å². The third-order valence-corrected chi connectivity index (χ3v) is 6.82. The first-order valence-corrected chi connectivity index (χ1v) is 13.1. The highest BCUT2D eigenvalue weighted by Gasteiger charge is 2.61. The van der Waals surface area contributed by atoms with Gasteiger partial charge in [-0.2, -0.15) is 13.2 Å². The summed E-state index contributed by atoms with van der Waals surface area (Å²) in [4.78, 5) is 60.2. The smallest absolute Gasteiger partial charge is 0.326 e. The van der Waals surface area contributed by atoms with Crippen LogP contribution < -0.4 is 5.32 Å². The lowest BCUT2D eigenvalue weighted by Crippen LogP contribution is -2.73. The largest absolute Gasteiger partial charge is 0.454 e. The van der Waals surface area contributed by atoms with Gasteiger partial charge in [0.1, 0.15) is 6.04 Å². The van der Waals surface area contributed by atoms with E-state index in [0.29, 0.717) is 4.90 Å². The SMILES string of the molecule is CC(=O)NC(Cc1ccccc1)(C(=O)C(F)(F)F)N1C(=O)C(C(C)C)N(C(=O)c2cccnc2)C=C1c1ccccc1. The van der Waals surface area contributed by atoms with Gasteiger partial charge >= 0.3 is 6.18 Å². The number of pyridine rings is 1. The van der Waals surface area contributed by atoms with Crippen molar-refractivity contribution < 1.29 is 32.3 Å². The number of benzene rings is 2. The van der Waals surface area contributed by atoms with E-state index in [1.54, 1.807) is 56.3 Å². The number of nitrogens with one attached hydrogen (secondary N) is 1. The van der Waals surface area contributed by atoms with Crippen molar-refractivity contribution in [2.45, 2.75) is 45.1 Å². The molecule has 0 fully saturated rings. The number of hydrogen-bond acceptors (Lipinski definition) is 5. The summed E-state index contributed by atoms with van der Waals surface area (Å²) >= 11 is 0. The van der Waals surface area contributed by atoms with Gasteiger partial charge in [-0.05, 0) is 29.2 Å². The number of hydrogen-bond donors (Lipinski definition) is 1. The number of rotatable bonds is 8. The molecule has 2 atom stereocenters. The molecular formula is C31H29F3N4O4. The second-order valence-corrected chi connectivity index (χ2v) is 10.2. The first-order chi connectivity index (χ1) is 19.9. The summed E-state index contributed by atoms with van der Waals surface area (Å²) in [7, 11) is 0. The van der Waals surface area contributed by atoms with Crippen molar-refractivity contribution in [2.75, 3.05) is 0 Å². The highest BCUT2D eigenvalue weighted by Crippen LogP contribution is 2.40. The third kappa shape index (κ3) is 5.95. The number of halogens is 3. The molecule has 0 saturated carbocycles. The van der Waals surface area contributed by atoms with Crippen molar-refractivity contribution in [3.05, 3.63) is 108 Å². The second-order valence-electron chi connectivity index (χ2n) is 10.2. The van der Waals surface area contributed by atoms with Gasteiger partial charge in [0.25, 0.3) is 17.6 Å². The van der Waals surface area contributed by atoms with Crippen LogP contribution >= 0.6 is 0 Å². The third-order valence-electron chi connectivity index (χ3n) is 6.82. The molecule has 1 aliphatic heterocycles. The number of carbonyl (C=O) groups is 4. The molecule has 0 spiro atoms. The number of nitrogens with zero attached hydrogens (tertiary/aromatic N) is 3. The van der Waals surface area contributed by atoms with Crippen LogP contribution in [0.15, 0.2) is 91.4 Å². The Labute approximate surface area is 240 Å². The van der Waals surface area contributed by atoms with Gasteiger partial charge in [-0.25, -0.2) is 0 Å². The lowest BCUT2D eigenvalue weighted by Gasteiger charge is -2.49. The first kappa shape index (κ1) is 30.2. The van der Waals surface area contributed by atoms with E-state index in [0.717, 1.165) is 11.8 Å². The van der Waals surface area contributed by atoms with E-state index in [1.807, 2.05) is 0 Å². The van der Waals surface area contributed by atoms with Crippen LogP contribution in [0.3, 0.4) is 0 Å². The zero-order valence-electron chi connectivity index (χ0n) is 23.1. The van der Waals surface area contributed by atoms with Crippen molar-refractivity contribution in [1.29, 1.82) is 0 Å². The standard InChI is InChI=1S/C31H29F3N4O4/c1-20(2)26-28(41)38(30(36-21(3)39,29(42)31(32,33)34)17-22-11-6-4-7-12-22)25(23-13-8-5-9-14-23)19-37(26)27(40)24-15-10-16-35-18-24/h4-16,18-20,26H,17H2,1-3H3,(H,36,39). The predicted octanol–water partition coefficient (Wildman–Crippen LogP) is 4.60. The van der Waals surface area contributed by atoms with Gasteiger partial charge in [-0.15, -0.1) is 0 Å². The summed E-state index contributed by atoms with van der Waals surface area (Å²) in [6.45, 7) is 4.24. The van der Waals surface area contributed by atoms with Gasteiger partial charge in [0, 0.05) is 31.9 Å².